The maximum Gasteiger partial charge on any atom is 0.123 e. The van der Waals surface area contributed by atoms with E-state index in [9.17, 15) is 4.39 Å². The van der Waals surface area contributed by atoms with Crippen molar-refractivity contribution in [3.05, 3.63) is 65.1 Å². The summed E-state index contributed by atoms with van der Waals surface area (Å²) in [5.74, 6) is -0.290. The summed E-state index contributed by atoms with van der Waals surface area (Å²) in [6, 6.07) is 11.8. The number of hydrogen-bond donors (Lipinski definition) is 1. The van der Waals surface area contributed by atoms with E-state index in [4.69, 9.17) is 17.3 Å². The van der Waals surface area contributed by atoms with E-state index in [2.05, 4.69) is 5.10 Å². The molecular formula is C16H13ClFN3. The molecule has 3 rings (SSSR count). The van der Waals surface area contributed by atoms with Gasteiger partial charge in [-0.15, -0.1) is 0 Å². The molecule has 0 unspecified atom stereocenters. The second kappa shape index (κ2) is 5.22. The standard InChI is InChI=1S/C16H13ClFN3/c1-10-2-7-13(8-14(10)17)21-9-15(19)16(20-21)11-3-5-12(18)6-4-11/h2-9H,19H2,1H3. The Bertz CT molecular complexity index is 794. The quantitative estimate of drug-likeness (QED) is 0.770. The highest BCUT2D eigenvalue weighted by molar-refractivity contribution is 6.31. The van der Waals surface area contributed by atoms with Crippen LogP contribution in [0.2, 0.25) is 5.02 Å². The highest BCUT2D eigenvalue weighted by Gasteiger charge is 2.10. The summed E-state index contributed by atoms with van der Waals surface area (Å²) in [6.07, 6.45) is 1.72. The zero-order valence-corrected chi connectivity index (χ0v) is 12.1. The fraction of sp³-hybridized carbons (Fsp3) is 0.0625. The Hall–Kier alpha value is -2.33. The average Bonchev–Trinajstić information content (AvgIpc) is 2.85. The van der Waals surface area contributed by atoms with Crippen molar-refractivity contribution in [1.29, 1.82) is 0 Å². The summed E-state index contributed by atoms with van der Waals surface area (Å²) in [7, 11) is 0. The second-order valence-electron chi connectivity index (χ2n) is 4.82. The minimum atomic E-state index is -0.290. The molecule has 0 radical (unpaired) electrons. The Morgan fingerprint density at radius 3 is 2.52 bits per heavy atom. The Kier molecular flexibility index (Phi) is 3.39. The number of benzene rings is 2. The lowest BCUT2D eigenvalue weighted by Gasteiger charge is -2.03. The molecule has 2 aromatic carbocycles. The number of nitrogen functional groups attached to an aromatic ring is 1. The van der Waals surface area contributed by atoms with Gasteiger partial charge >= 0.3 is 0 Å². The average molecular weight is 302 g/mol. The first-order chi connectivity index (χ1) is 10.0. The van der Waals surface area contributed by atoms with Crippen molar-refractivity contribution in [2.45, 2.75) is 6.92 Å². The third-order valence-electron chi connectivity index (χ3n) is 3.28. The summed E-state index contributed by atoms with van der Waals surface area (Å²) in [5, 5.41) is 5.13. The molecular weight excluding hydrogens is 289 g/mol. The monoisotopic (exact) mass is 301 g/mol. The topological polar surface area (TPSA) is 43.8 Å². The SMILES string of the molecule is Cc1ccc(-n2cc(N)c(-c3ccc(F)cc3)n2)cc1Cl. The highest BCUT2D eigenvalue weighted by Crippen LogP contribution is 2.27. The molecule has 106 valence electrons. The van der Waals surface area contributed by atoms with E-state index in [1.54, 1.807) is 23.0 Å². The van der Waals surface area contributed by atoms with Gasteiger partial charge in [-0.25, -0.2) is 9.07 Å². The molecule has 5 heteroatoms. The third-order valence-corrected chi connectivity index (χ3v) is 3.69. The highest BCUT2D eigenvalue weighted by atomic mass is 35.5. The van der Waals surface area contributed by atoms with Gasteiger partial charge in [0.05, 0.1) is 17.6 Å². The predicted molar refractivity (Wildman–Crippen MR) is 83.1 cm³/mol. The van der Waals surface area contributed by atoms with Gasteiger partial charge in [0.25, 0.3) is 0 Å². The first kappa shape index (κ1) is 13.6. The van der Waals surface area contributed by atoms with E-state index in [-0.39, 0.29) is 5.82 Å². The van der Waals surface area contributed by atoms with Crippen molar-refractivity contribution < 1.29 is 4.39 Å². The summed E-state index contributed by atoms with van der Waals surface area (Å²) < 4.78 is 14.6. The molecule has 0 fully saturated rings. The first-order valence-corrected chi connectivity index (χ1v) is 6.80. The number of halogens is 2. The van der Waals surface area contributed by atoms with E-state index in [1.165, 1.54) is 12.1 Å². The zero-order valence-electron chi connectivity index (χ0n) is 11.3. The Morgan fingerprint density at radius 1 is 1.14 bits per heavy atom. The van der Waals surface area contributed by atoms with Gasteiger partial charge in [-0.3, -0.25) is 0 Å². The van der Waals surface area contributed by atoms with Crippen molar-refractivity contribution in [3.63, 3.8) is 0 Å². The van der Waals surface area contributed by atoms with E-state index in [0.29, 0.717) is 16.4 Å². The molecule has 0 saturated carbocycles. The van der Waals surface area contributed by atoms with Gasteiger partial charge in [0, 0.05) is 10.6 Å². The second-order valence-corrected chi connectivity index (χ2v) is 5.23. The predicted octanol–water partition coefficient (Wildman–Crippen LogP) is 4.22. The number of hydrogen-bond acceptors (Lipinski definition) is 2. The number of nitrogens with two attached hydrogens (primary N) is 1. The third kappa shape index (κ3) is 2.62. The molecule has 21 heavy (non-hydrogen) atoms. The lowest BCUT2D eigenvalue weighted by atomic mass is 10.1. The summed E-state index contributed by atoms with van der Waals surface area (Å²) >= 11 is 6.13. The van der Waals surface area contributed by atoms with Crippen LogP contribution in [-0.2, 0) is 0 Å². The minimum absolute atomic E-state index is 0.290. The van der Waals surface area contributed by atoms with Crippen molar-refractivity contribution in [3.8, 4) is 16.9 Å². The molecule has 0 amide bonds. The van der Waals surface area contributed by atoms with Crippen molar-refractivity contribution in [1.82, 2.24) is 9.78 Å². The Morgan fingerprint density at radius 2 is 1.86 bits per heavy atom. The maximum absolute atomic E-state index is 13.0. The molecule has 0 aliphatic rings. The molecule has 0 aliphatic heterocycles. The summed E-state index contributed by atoms with van der Waals surface area (Å²) in [5.41, 5.74) is 9.74. The molecule has 1 heterocycles. The van der Waals surface area contributed by atoms with Crippen LogP contribution in [0.15, 0.2) is 48.7 Å². The molecule has 3 nitrogen and oxygen atoms in total. The number of nitrogens with zero attached hydrogens (tertiary/aromatic N) is 2. The van der Waals surface area contributed by atoms with E-state index >= 15 is 0 Å². The van der Waals surface area contributed by atoms with E-state index in [0.717, 1.165) is 16.8 Å². The van der Waals surface area contributed by atoms with Gasteiger partial charge in [-0.05, 0) is 48.9 Å². The molecule has 0 atom stereocenters. The number of aromatic nitrogens is 2. The lowest BCUT2D eigenvalue weighted by molar-refractivity contribution is 0.628. The van der Waals surface area contributed by atoms with Crippen LogP contribution in [0.4, 0.5) is 10.1 Å². The molecule has 1 aromatic heterocycles. The molecule has 3 aromatic rings. The van der Waals surface area contributed by atoms with Gasteiger partial charge in [-0.1, -0.05) is 17.7 Å². The summed E-state index contributed by atoms with van der Waals surface area (Å²) in [4.78, 5) is 0. The maximum atomic E-state index is 13.0. The zero-order chi connectivity index (χ0) is 15.0. The van der Waals surface area contributed by atoms with Gasteiger partial charge in [0.1, 0.15) is 11.5 Å². The fourth-order valence-electron chi connectivity index (χ4n) is 2.08. The number of anilines is 1. The van der Waals surface area contributed by atoms with Crippen LogP contribution in [0, 0.1) is 12.7 Å². The van der Waals surface area contributed by atoms with E-state index in [1.807, 2.05) is 25.1 Å². The van der Waals surface area contributed by atoms with Crippen LogP contribution in [0.25, 0.3) is 16.9 Å². The van der Waals surface area contributed by atoms with Crippen LogP contribution >= 0.6 is 11.6 Å². The van der Waals surface area contributed by atoms with Gasteiger partial charge in [-0.2, -0.15) is 5.10 Å². The molecule has 0 aliphatic carbocycles. The van der Waals surface area contributed by atoms with Crippen LogP contribution in [-0.4, -0.2) is 9.78 Å². The van der Waals surface area contributed by atoms with Crippen LogP contribution in [0.5, 0.6) is 0 Å². The number of rotatable bonds is 2. The van der Waals surface area contributed by atoms with Crippen molar-refractivity contribution >= 4 is 17.3 Å². The van der Waals surface area contributed by atoms with Crippen molar-refractivity contribution in [2.75, 3.05) is 5.73 Å². The van der Waals surface area contributed by atoms with Gasteiger partial charge in [0.15, 0.2) is 0 Å². The Balaban J connectivity index is 2.04. The normalized spacial score (nSPS) is 10.8. The number of aryl methyl sites for hydroxylation is 1. The molecule has 2 N–H and O–H groups in total. The van der Waals surface area contributed by atoms with Gasteiger partial charge in [0.2, 0.25) is 0 Å². The molecule has 0 spiro atoms. The Labute approximate surface area is 126 Å². The first-order valence-electron chi connectivity index (χ1n) is 6.42. The van der Waals surface area contributed by atoms with E-state index < -0.39 is 0 Å². The lowest BCUT2D eigenvalue weighted by Crippen LogP contribution is -1.95. The van der Waals surface area contributed by atoms with Gasteiger partial charge < -0.3 is 5.73 Å². The molecule has 0 bridgehead atoms. The molecule has 0 saturated heterocycles. The fourth-order valence-corrected chi connectivity index (χ4v) is 2.25. The van der Waals surface area contributed by atoms with Crippen LogP contribution in [0.1, 0.15) is 5.56 Å². The smallest absolute Gasteiger partial charge is 0.123 e. The van der Waals surface area contributed by atoms with Crippen LogP contribution < -0.4 is 5.73 Å². The van der Waals surface area contributed by atoms with Crippen LogP contribution in [0.3, 0.4) is 0 Å². The minimum Gasteiger partial charge on any atom is -0.396 e. The van der Waals surface area contributed by atoms with Crippen molar-refractivity contribution in [2.24, 2.45) is 0 Å². The summed E-state index contributed by atoms with van der Waals surface area (Å²) in [6.45, 7) is 1.94. The largest absolute Gasteiger partial charge is 0.396 e.